The lowest BCUT2D eigenvalue weighted by Gasteiger charge is -2.20. The minimum absolute atomic E-state index is 0.175. The van der Waals surface area contributed by atoms with Gasteiger partial charge in [0.2, 0.25) is 5.91 Å². The van der Waals surface area contributed by atoms with Crippen molar-refractivity contribution in [2.75, 3.05) is 26.0 Å². The Morgan fingerprint density at radius 1 is 0.955 bits per heavy atom. The number of hydrogen-bond donors (Lipinski definition) is 0. The van der Waals surface area contributed by atoms with Crippen molar-refractivity contribution in [2.45, 2.75) is 6.92 Å². The highest BCUT2D eigenvalue weighted by molar-refractivity contribution is 6.03. The third-order valence-corrected chi connectivity index (χ3v) is 3.37. The van der Waals surface area contributed by atoms with Crippen LogP contribution in [-0.4, -0.2) is 42.8 Å². The maximum absolute atomic E-state index is 12.3. The lowest BCUT2D eigenvalue weighted by molar-refractivity contribution is -0.116. The third kappa shape index (κ3) is 3.14. The highest BCUT2D eigenvalue weighted by Crippen LogP contribution is 2.24. The number of amides is 2. The lowest BCUT2D eigenvalue weighted by Crippen LogP contribution is -2.29. The molecule has 0 N–H and O–H groups in total. The molecule has 0 bridgehead atoms. The molecule has 5 nitrogen and oxygen atoms in total. The van der Waals surface area contributed by atoms with E-state index in [4.69, 9.17) is 0 Å². The second kappa shape index (κ2) is 6.39. The summed E-state index contributed by atoms with van der Waals surface area (Å²) in [7, 11) is 4.96. The molecule has 22 heavy (non-hydrogen) atoms. The number of benzene rings is 1. The number of carbonyl (C=O) groups is 2. The summed E-state index contributed by atoms with van der Waals surface area (Å²) in [5, 5.41) is 0. The molecule has 0 saturated heterocycles. The number of nitrogens with zero attached hydrogens (tertiary/aromatic N) is 3. The fraction of sp³-hybridized carbons (Fsp3) is 0.235. The van der Waals surface area contributed by atoms with Gasteiger partial charge in [-0.25, -0.2) is 4.98 Å². The fourth-order valence-electron chi connectivity index (χ4n) is 2.03. The summed E-state index contributed by atoms with van der Waals surface area (Å²) in [6.45, 7) is 1.45. The molecular formula is C17H19N3O2. The van der Waals surface area contributed by atoms with E-state index in [0.29, 0.717) is 11.4 Å². The van der Waals surface area contributed by atoms with Crippen LogP contribution >= 0.6 is 0 Å². The summed E-state index contributed by atoms with van der Waals surface area (Å²) in [6, 6.07) is 13.2. The van der Waals surface area contributed by atoms with Crippen molar-refractivity contribution in [2.24, 2.45) is 0 Å². The van der Waals surface area contributed by atoms with Crippen LogP contribution in [0.1, 0.15) is 17.3 Å². The fourth-order valence-corrected chi connectivity index (χ4v) is 2.03. The molecule has 1 aromatic carbocycles. The van der Waals surface area contributed by atoms with E-state index < -0.39 is 0 Å². The predicted octanol–water partition coefficient (Wildman–Crippen LogP) is 2.43. The Balaban J connectivity index is 2.58. The van der Waals surface area contributed by atoms with Crippen LogP contribution in [0.25, 0.3) is 11.3 Å². The minimum Gasteiger partial charge on any atom is -0.345 e. The first-order chi connectivity index (χ1) is 10.4. The Bertz CT molecular complexity index is 696. The van der Waals surface area contributed by atoms with E-state index in [1.54, 1.807) is 33.3 Å². The molecule has 0 spiro atoms. The van der Waals surface area contributed by atoms with Gasteiger partial charge in [0.15, 0.2) is 0 Å². The van der Waals surface area contributed by atoms with Gasteiger partial charge >= 0.3 is 0 Å². The van der Waals surface area contributed by atoms with Crippen LogP contribution in [0, 0.1) is 0 Å². The summed E-state index contributed by atoms with van der Waals surface area (Å²) < 4.78 is 0. The van der Waals surface area contributed by atoms with Gasteiger partial charge in [-0.1, -0.05) is 30.3 Å². The summed E-state index contributed by atoms with van der Waals surface area (Å²) >= 11 is 0. The van der Waals surface area contributed by atoms with Crippen molar-refractivity contribution in [3.05, 3.63) is 48.0 Å². The summed E-state index contributed by atoms with van der Waals surface area (Å²) in [4.78, 5) is 31.4. The molecule has 1 heterocycles. The zero-order chi connectivity index (χ0) is 16.3. The number of rotatable bonds is 3. The Labute approximate surface area is 130 Å². The first-order valence-electron chi connectivity index (χ1n) is 6.94. The summed E-state index contributed by atoms with van der Waals surface area (Å²) in [6.07, 6.45) is 0. The summed E-state index contributed by atoms with van der Waals surface area (Å²) in [5.74, 6) is 0.00767. The number of aromatic nitrogens is 1. The molecule has 2 aromatic rings. The molecule has 0 saturated carbocycles. The zero-order valence-corrected chi connectivity index (χ0v) is 13.2. The van der Waals surface area contributed by atoms with E-state index in [1.165, 1.54) is 16.7 Å². The summed E-state index contributed by atoms with van der Waals surface area (Å²) in [5.41, 5.74) is 2.06. The van der Waals surface area contributed by atoms with E-state index in [1.807, 2.05) is 30.3 Å². The molecule has 1 aromatic heterocycles. The van der Waals surface area contributed by atoms with Crippen LogP contribution in [0.4, 0.5) is 5.82 Å². The van der Waals surface area contributed by atoms with Crippen molar-refractivity contribution < 1.29 is 9.59 Å². The average Bonchev–Trinajstić information content (AvgIpc) is 2.53. The third-order valence-electron chi connectivity index (χ3n) is 3.37. The van der Waals surface area contributed by atoms with Crippen LogP contribution < -0.4 is 4.90 Å². The predicted molar refractivity (Wildman–Crippen MR) is 86.8 cm³/mol. The van der Waals surface area contributed by atoms with Crippen LogP contribution in [-0.2, 0) is 4.79 Å². The van der Waals surface area contributed by atoms with Crippen LogP contribution in [0.5, 0.6) is 0 Å². The molecule has 0 atom stereocenters. The van der Waals surface area contributed by atoms with Crippen LogP contribution in [0.2, 0.25) is 0 Å². The Morgan fingerprint density at radius 2 is 1.59 bits per heavy atom. The normalized spacial score (nSPS) is 10.2. The van der Waals surface area contributed by atoms with Gasteiger partial charge in [-0.05, 0) is 12.1 Å². The second-order valence-electron chi connectivity index (χ2n) is 5.21. The zero-order valence-electron chi connectivity index (χ0n) is 13.2. The monoisotopic (exact) mass is 297 g/mol. The molecule has 0 radical (unpaired) electrons. The standard InChI is InChI=1S/C17H19N3O2/c1-12(21)20(4)16-14(17(22)19(2)3)10-11-15(18-16)13-8-6-5-7-9-13/h5-11H,1-4H3. The van der Waals surface area contributed by atoms with Crippen LogP contribution in [0.15, 0.2) is 42.5 Å². The largest absolute Gasteiger partial charge is 0.345 e. The smallest absolute Gasteiger partial charge is 0.257 e. The second-order valence-corrected chi connectivity index (χ2v) is 5.21. The van der Waals surface area contributed by atoms with Gasteiger partial charge in [-0.15, -0.1) is 0 Å². The van der Waals surface area contributed by atoms with E-state index in [9.17, 15) is 9.59 Å². The molecular weight excluding hydrogens is 278 g/mol. The minimum atomic E-state index is -0.185. The van der Waals surface area contributed by atoms with E-state index >= 15 is 0 Å². The molecule has 2 amide bonds. The molecule has 0 aliphatic carbocycles. The topological polar surface area (TPSA) is 53.5 Å². The molecule has 5 heteroatoms. The quantitative estimate of drug-likeness (QED) is 0.874. The molecule has 0 unspecified atom stereocenters. The molecule has 114 valence electrons. The Kier molecular flexibility index (Phi) is 4.56. The van der Waals surface area contributed by atoms with Gasteiger partial charge in [-0.3, -0.25) is 14.5 Å². The van der Waals surface area contributed by atoms with Crippen LogP contribution in [0.3, 0.4) is 0 Å². The Morgan fingerprint density at radius 3 is 2.14 bits per heavy atom. The lowest BCUT2D eigenvalue weighted by atomic mass is 10.1. The molecule has 0 aliphatic rings. The van der Waals surface area contributed by atoms with Gasteiger partial charge in [0.25, 0.3) is 5.91 Å². The number of carbonyl (C=O) groups excluding carboxylic acids is 2. The van der Waals surface area contributed by atoms with E-state index in [-0.39, 0.29) is 11.8 Å². The van der Waals surface area contributed by atoms with Crippen molar-refractivity contribution in [1.82, 2.24) is 9.88 Å². The number of pyridine rings is 1. The first kappa shape index (κ1) is 15.7. The maximum atomic E-state index is 12.3. The maximum Gasteiger partial charge on any atom is 0.257 e. The van der Waals surface area contributed by atoms with Gasteiger partial charge in [-0.2, -0.15) is 0 Å². The molecule has 2 rings (SSSR count). The number of anilines is 1. The molecule has 0 aliphatic heterocycles. The Hall–Kier alpha value is -2.69. The van der Waals surface area contributed by atoms with Crippen molar-refractivity contribution >= 4 is 17.6 Å². The van der Waals surface area contributed by atoms with Gasteiger partial charge < -0.3 is 4.90 Å². The van der Waals surface area contributed by atoms with Gasteiger partial charge in [0.05, 0.1) is 11.3 Å². The SMILES string of the molecule is CC(=O)N(C)c1nc(-c2ccccc2)ccc1C(=O)N(C)C. The highest BCUT2D eigenvalue weighted by atomic mass is 16.2. The average molecular weight is 297 g/mol. The van der Waals surface area contributed by atoms with Crippen molar-refractivity contribution in [3.8, 4) is 11.3 Å². The number of hydrogen-bond acceptors (Lipinski definition) is 3. The van der Waals surface area contributed by atoms with Gasteiger partial charge in [0.1, 0.15) is 5.82 Å². The van der Waals surface area contributed by atoms with E-state index in [0.717, 1.165) is 11.3 Å². The van der Waals surface area contributed by atoms with Crippen molar-refractivity contribution in [3.63, 3.8) is 0 Å². The first-order valence-corrected chi connectivity index (χ1v) is 6.94. The van der Waals surface area contributed by atoms with Gasteiger partial charge in [0, 0.05) is 33.6 Å². The van der Waals surface area contributed by atoms with E-state index in [2.05, 4.69) is 4.98 Å². The molecule has 0 fully saturated rings. The highest BCUT2D eigenvalue weighted by Gasteiger charge is 2.20. The van der Waals surface area contributed by atoms with Crippen molar-refractivity contribution in [1.29, 1.82) is 0 Å².